The average Bonchev–Trinajstić information content (AvgIpc) is 2.09. The molecule has 0 aliphatic carbocycles. The highest BCUT2D eigenvalue weighted by Crippen LogP contribution is 2.10. The van der Waals surface area contributed by atoms with E-state index in [9.17, 15) is 9.59 Å². The maximum atomic E-state index is 11.1. The Morgan fingerprint density at radius 1 is 1.64 bits per heavy atom. The number of aryl methyl sites for hydroxylation is 1. The highest BCUT2D eigenvalue weighted by molar-refractivity contribution is 5.89. The molecule has 0 saturated heterocycles. The van der Waals surface area contributed by atoms with Crippen molar-refractivity contribution < 1.29 is 4.79 Å². The Labute approximate surface area is 80.4 Å². The standard InChI is InChI=1S/C9H9N3O2/c1-5-8(12-6(2)13)3-7(4-10)9(14)11-5/h3H,1-2H3,(H,11,14)(H,12,13). The minimum absolute atomic E-state index is 0.0145. The Hall–Kier alpha value is -2.09. The van der Waals surface area contributed by atoms with Gasteiger partial charge >= 0.3 is 0 Å². The molecule has 2 N–H and O–H groups in total. The number of hydrogen-bond donors (Lipinski definition) is 2. The molecule has 0 spiro atoms. The van der Waals surface area contributed by atoms with Crippen molar-refractivity contribution >= 4 is 11.6 Å². The summed E-state index contributed by atoms with van der Waals surface area (Å²) in [6.07, 6.45) is 0. The molecule has 0 aliphatic heterocycles. The van der Waals surface area contributed by atoms with Crippen LogP contribution in [-0.2, 0) is 4.79 Å². The van der Waals surface area contributed by atoms with Crippen molar-refractivity contribution in [1.29, 1.82) is 5.26 Å². The van der Waals surface area contributed by atoms with Crippen molar-refractivity contribution in [3.63, 3.8) is 0 Å². The van der Waals surface area contributed by atoms with Gasteiger partial charge in [0.15, 0.2) is 0 Å². The van der Waals surface area contributed by atoms with E-state index in [0.29, 0.717) is 11.4 Å². The van der Waals surface area contributed by atoms with E-state index in [-0.39, 0.29) is 11.5 Å². The normalized spacial score (nSPS) is 9.21. The van der Waals surface area contributed by atoms with Crippen LogP contribution in [0.2, 0.25) is 0 Å². The van der Waals surface area contributed by atoms with Gasteiger partial charge in [-0.2, -0.15) is 5.26 Å². The largest absolute Gasteiger partial charge is 0.325 e. The first-order valence-corrected chi connectivity index (χ1v) is 3.96. The number of nitrogens with one attached hydrogen (secondary N) is 2. The first kappa shape index (κ1) is 9.99. The van der Waals surface area contributed by atoms with Gasteiger partial charge in [0.25, 0.3) is 5.56 Å². The van der Waals surface area contributed by atoms with Gasteiger partial charge in [0, 0.05) is 12.6 Å². The van der Waals surface area contributed by atoms with Crippen LogP contribution in [0.25, 0.3) is 0 Å². The topological polar surface area (TPSA) is 85.8 Å². The fourth-order valence-electron chi connectivity index (χ4n) is 1.03. The number of anilines is 1. The van der Waals surface area contributed by atoms with E-state index in [1.807, 2.05) is 0 Å². The van der Waals surface area contributed by atoms with E-state index >= 15 is 0 Å². The molecule has 0 fully saturated rings. The number of nitrogens with zero attached hydrogens (tertiary/aromatic N) is 1. The molecule has 5 nitrogen and oxygen atoms in total. The molecule has 0 saturated carbocycles. The highest BCUT2D eigenvalue weighted by atomic mass is 16.1. The third kappa shape index (κ3) is 1.98. The summed E-state index contributed by atoms with van der Waals surface area (Å²) in [5.74, 6) is -0.246. The van der Waals surface area contributed by atoms with Crippen molar-refractivity contribution in [3.8, 4) is 6.07 Å². The van der Waals surface area contributed by atoms with Gasteiger partial charge in [0.2, 0.25) is 5.91 Å². The predicted molar refractivity (Wildman–Crippen MR) is 50.8 cm³/mol. The number of aromatic nitrogens is 1. The average molecular weight is 191 g/mol. The van der Waals surface area contributed by atoms with Gasteiger partial charge in [-0.1, -0.05) is 0 Å². The maximum absolute atomic E-state index is 11.1. The molecule has 5 heteroatoms. The van der Waals surface area contributed by atoms with Crippen LogP contribution in [0.3, 0.4) is 0 Å². The second kappa shape index (κ2) is 3.75. The van der Waals surface area contributed by atoms with Gasteiger partial charge in [-0.05, 0) is 13.0 Å². The van der Waals surface area contributed by atoms with E-state index in [1.165, 1.54) is 13.0 Å². The summed E-state index contributed by atoms with van der Waals surface area (Å²) in [7, 11) is 0. The van der Waals surface area contributed by atoms with Crippen molar-refractivity contribution in [2.24, 2.45) is 0 Å². The SMILES string of the molecule is CC(=O)Nc1cc(C#N)c(=O)[nH]c1C. The summed E-state index contributed by atoms with van der Waals surface area (Å²) in [5, 5.41) is 11.1. The van der Waals surface area contributed by atoms with Crippen LogP contribution in [0.15, 0.2) is 10.9 Å². The molecule has 0 atom stereocenters. The molecule has 0 unspecified atom stereocenters. The minimum atomic E-state index is -0.445. The molecule has 0 aromatic carbocycles. The summed E-state index contributed by atoms with van der Waals surface area (Å²) in [6.45, 7) is 3.00. The Balaban J connectivity index is 3.26. The summed E-state index contributed by atoms with van der Waals surface area (Å²) in [5.41, 5.74) is 0.524. The Morgan fingerprint density at radius 3 is 2.79 bits per heavy atom. The van der Waals surface area contributed by atoms with E-state index in [1.54, 1.807) is 13.0 Å². The van der Waals surface area contributed by atoms with Gasteiger partial charge in [-0.3, -0.25) is 9.59 Å². The maximum Gasteiger partial charge on any atom is 0.266 e. The molecule has 72 valence electrons. The Bertz CT molecular complexity index is 468. The molecule has 0 bridgehead atoms. The first-order chi connectivity index (χ1) is 6.54. The minimum Gasteiger partial charge on any atom is -0.325 e. The molecule has 0 aliphatic rings. The van der Waals surface area contributed by atoms with Crippen molar-refractivity contribution in [2.75, 3.05) is 5.32 Å². The zero-order valence-corrected chi connectivity index (χ0v) is 7.84. The number of hydrogen-bond acceptors (Lipinski definition) is 3. The molecule has 1 aromatic rings. The monoisotopic (exact) mass is 191 g/mol. The van der Waals surface area contributed by atoms with Gasteiger partial charge in [0.05, 0.1) is 5.69 Å². The number of aromatic amines is 1. The molecule has 0 radical (unpaired) electrons. The zero-order valence-electron chi connectivity index (χ0n) is 7.84. The lowest BCUT2D eigenvalue weighted by atomic mass is 10.2. The summed E-state index contributed by atoms with van der Waals surface area (Å²) in [4.78, 5) is 24.4. The van der Waals surface area contributed by atoms with Crippen LogP contribution in [0.5, 0.6) is 0 Å². The second-order valence-corrected chi connectivity index (χ2v) is 2.84. The smallest absolute Gasteiger partial charge is 0.266 e. The van der Waals surface area contributed by atoms with Crippen molar-refractivity contribution in [1.82, 2.24) is 4.98 Å². The molecule has 14 heavy (non-hydrogen) atoms. The van der Waals surface area contributed by atoms with Crippen LogP contribution in [-0.4, -0.2) is 10.9 Å². The molecule has 1 heterocycles. The molecule has 1 rings (SSSR count). The van der Waals surface area contributed by atoms with Crippen molar-refractivity contribution in [2.45, 2.75) is 13.8 Å². The molecule has 1 aromatic heterocycles. The van der Waals surface area contributed by atoms with Gasteiger partial charge < -0.3 is 10.3 Å². The van der Waals surface area contributed by atoms with Crippen molar-refractivity contribution in [3.05, 3.63) is 27.7 Å². The van der Waals surface area contributed by atoms with Crippen LogP contribution in [0.4, 0.5) is 5.69 Å². The van der Waals surface area contributed by atoms with Crippen LogP contribution in [0, 0.1) is 18.3 Å². The lowest BCUT2D eigenvalue weighted by Crippen LogP contribution is -2.15. The Morgan fingerprint density at radius 2 is 2.29 bits per heavy atom. The van der Waals surface area contributed by atoms with E-state index < -0.39 is 5.56 Å². The van der Waals surface area contributed by atoms with E-state index in [2.05, 4.69) is 10.3 Å². The third-order valence-corrected chi connectivity index (χ3v) is 1.67. The van der Waals surface area contributed by atoms with Crippen LogP contribution < -0.4 is 10.9 Å². The molecule has 1 amide bonds. The Kier molecular flexibility index (Phi) is 2.67. The van der Waals surface area contributed by atoms with E-state index in [4.69, 9.17) is 5.26 Å². The number of carbonyl (C=O) groups excluding carboxylic acids is 1. The predicted octanol–water partition coefficient (Wildman–Crippen LogP) is 0.513. The number of nitriles is 1. The number of amides is 1. The lowest BCUT2D eigenvalue weighted by Gasteiger charge is -2.05. The third-order valence-electron chi connectivity index (χ3n) is 1.67. The summed E-state index contributed by atoms with van der Waals surface area (Å²) >= 11 is 0. The fraction of sp³-hybridized carbons (Fsp3) is 0.222. The van der Waals surface area contributed by atoms with Gasteiger partial charge in [0.1, 0.15) is 11.6 Å². The highest BCUT2D eigenvalue weighted by Gasteiger charge is 2.05. The first-order valence-electron chi connectivity index (χ1n) is 3.96. The zero-order chi connectivity index (χ0) is 10.7. The summed E-state index contributed by atoms with van der Waals surface area (Å²) < 4.78 is 0. The number of carbonyl (C=O) groups is 1. The molecular weight excluding hydrogens is 182 g/mol. The quantitative estimate of drug-likeness (QED) is 0.678. The number of pyridine rings is 1. The van der Waals surface area contributed by atoms with Gasteiger partial charge in [-0.15, -0.1) is 0 Å². The number of H-pyrrole nitrogens is 1. The number of rotatable bonds is 1. The summed E-state index contributed by atoms with van der Waals surface area (Å²) in [6, 6.07) is 3.10. The van der Waals surface area contributed by atoms with Gasteiger partial charge in [-0.25, -0.2) is 0 Å². The molecular formula is C9H9N3O2. The van der Waals surface area contributed by atoms with Crippen LogP contribution in [0.1, 0.15) is 18.2 Å². The lowest BCUT2D eigenvalue weighted by molar-refractivity contribution is -0.114. The fourth-order valence-corrected chi connectivity index (χ4v) is 1.03. The second-order valence-electron chi connectivity index (χ2n) is 2.84. The van der Waals surface area contributed by atoms with Crippen LogP contribution >= 0.6 is 0 Å². The van der Waals surface area contributed by atoms with E-state index in [0.717, 1.165) is 0 Å².